The lowest BCUT2D eigenvalue weighted by Gasteiger charge is -2.13. The highest BCUT2D eigenvalue weighted by Crippen LogP contribution is 2.11. The lowest BCUT2D eigenvalue weighted by atomic mass is 10.2. The Bertz CT molecular complexity index is 839. The fraction of sp³-hybridized carbons (Fsp3) is 0.217. The van der Waals surface area contributed by atoms with Crippen molar-refractivity contribution in [2.75, 3.05) is 13.2 Å². The summed E-state index contributed by atoms with van der Waals surface area (Å²) in [5.74, 6) is -0.662. The molecule has 0 unspecified atom stereocenters. The molecule has 1 fully saturated rings. The first-order chi connectivity index (χ1) is 13.7. The van der Waals surface area contributed by atoms with E-state index in [-0.39, 0.29) is 23.6 Å². The molecule has 0 spiro atoms. The Hall–Kier alpha value is -3.18. The molecule has 144 valence electrons. The molecule has 2 amide bonds. The molecule has 0 aliphatic carbocycles. The van der Waals surface area contributed by atoms with Gasteiger partial charge in [-0.1, -0.05) is 60.7 Å². The van der Waals surface area contributed by atoms with Gasteiger partial charge in [-0.05, 0) is 36.6 Å². The maximum atomic E-state index is 12.6. The molecule has 1 atom stereocenters. The minimum Gasteiger partial charge on any atom is -0.376 e. The van der Waals surface area contributed by atoms with Crippen LogP contribution in [0.25, 0.3) is 6.08 Å². The SMILES string of the molecule is O=C(NC[C@@H]1CCCO1)/C(=C\C=C\c1ccccc1)NC(=O)c1ccccc1. The number of hydrogen-bond donors (Lipinski definition) is 2. The standard InChI is InChI=1S/C23H24N2O3/c26-22(19-12-5-2-6-13-19)25-21(15-7-11-18-9-3-1-4-10-18)23(27)24-17-20-14-8-16-28-20/h1-7,9-13,15,20H,8,14,16-17H2,(H,24,27)(H,25,26)/b11-7+,21-15+/t20-/m0/s1. The Labute approximate surface area is 165 Å². The van der Waals surface area contributed by atoms with Gasteiger partial charge in [0.15, 0.2) is 0 Å². The highest BCUT2D eigenvalue weighted by atomic mass is 16.5. The molecular formula is C23H24N2O3. The first-order valence-corrected chi connectivity index (χ1v) is 9.42. The molecule has 2 N–H and O–H groups in total. The predicted molar refractivity (Wildman–Crippen MR) is 109 cm³/mol. The number of carbonyl (C=O) groups is 2. The Morgan fingerprint density at radius 1 is 1.04 bits per heavy atom. The summed E-state index contributed by atoms with van der Waals surface area (Å²) in [6, 6.07) is 18.6. The second-order valence-corrected chi connectivity index (χ2v) is 6.52. The highest BCUT2D eigenvalue weighted by Gasteiger charge is 2.18. The van der Waals surface area contributed by atoms with Gasteiger partial charge in [0.2, 0.25) is 0 Å². The number of carbonyl (C=O) groups excluding carboxylic acids is 2. The van der Waals surface area contributed by atoms with E-state index in [2.05, 4.69) is 10.6 Å². The predicted octanol–water partition coefficient (Wildman–Crippen LogP) is 3.31. The molecule has 28 heavy (non-hydrogen) atoms. The molecule has 5 heteroatoms. The monoisotopic (exact) mass is 376 g/mol. The molecule has 1 heterocycles. The van der Waals surface area contributed by atoms with Crippen LogP contribution in [0.15, 0.2) is 78.5 Å². The van der Waals surface area contributed by atoms with Crippen molar-refractivity contribution in [3.05, 3.63) is 89.6 Å². The largest absolute Gasteiger partial charge is 0.376 e. The van der Waals surface area contributed by atoms with Crippen LogP contribution in [-0.4, -0.2) is 31.1 Å². The number of nitrogens with one attached hydrogen (secondary N) is 2. The summed E-state index contributed by atoms with van der Waals surface area (Å²) in [5, 5.41) is 5.56. The average molecular weight is 376 g/mol. The average Bonchev–Trinajstić information content (AvgIpc) is 3.26. The third-order valence-corrected chi connectivity index (χ3v) is 4.39. The number of benzene rings is 2. The number of amides is 2. The maximum Gasteiger partial charge on any atom is 0.267 e. The molecule has 0 radical (unpaired) electrons. The lowest BCUT2D eigenvalue weighted by molar-refractivity contribution is -0.118. The van der Waals surface area contributed by atoms with Crippen molar-refractivity contribution in [3.8, 4) is 0 Å². The number of rotatable bonds is 7. The van der Waals surface area contributed by atoms with Gasteiger partial charge >= 0.3 is 0 Å². The van der Waals surface area contributed by atoms with Gasteiger partial charge in [0.1, 0.15) is 5.70 Å². The van der Waals surface area contributed by atoms with Crippen LogP contribution in [0.5, 0.6) is 0 Å². The summed E-state index contributed by atoms with van der Waals surface area (Å²) in [6.45, 7) is 1.16. The minimum atomic E-state index is -0.336. The third-order valence-electron chi connectivity index (χ3n) is 4.39. The zero-order valence-corrected chi connectivity index (χ0v) is 15.6. The van der Waals surface area contributed by atoms with E-state index in [4.69, 9.17) is 4.74 Å². The Morgan fingerprint density at radius 2 is 1.75 bits per heavy atom. The second-order valence-electron chi connectivity index (χ2n) is 6.52. The molecule has 1 aliphatic rings. The molecule has 3 rings (SSSR count). The molecule has 1 aliphatic heterocycles. The second kappa shape index (κ2) is 10.2. The topological polar surface area (TPSA) is 67.4 Å². The number of ether oxygens (including phenoxy) is 1. The van der Waals surface area contributed by atoms with Crippen molar-refractivity contribution in [1.29, 1.82) is 0 Å². The van der Waals surface area contributed by atoms with E-state index in [0.717, 1.165) is 25.0 Å². The summed E-state index contributed by atoms with van der Waals surface area (Å²) in [6.07, 6.45) is 7.22. The van der Waals surface area contributed by atoms with Gasteiger partial charge in [0.05, 0.1) is 6.10 Å². The smallest absolute Gasteiger partial charge is 0.267 e. The van der Waals surface area contributed by atoms with Gasteiger partial charge in [0, 0.05) is 18.7 Å². The van der Waals surface area contributed by atoms with Crippen LogP contribution in [0.4, 0.5) is 0 Å². The van der Waals surface area contributed by atoms with Crippen molar-refractivity contribution < 1.29 is 14.3 Å². The normalized spacial score (nSPS) is 16.9. The quantitative estimate of drug-likeness (QED) is 0.575. The number of allylic oxidation sites excluding steroid dienone is 2. The van der Waals surface area contributed by atoms with Crippen molar-refractivity contribution in [2.45, 2.75) is 18.9 Å². The summed E-state index contributed by atoms with van der Waals surface area (Å²) in [5.41, 5.74) is 1.69. The van der Waals surface area contributed by atoms with Crippen LogP contribution in [0, 0.1) is 0 Å². The molecule has 1 saturated heterocycles. The van der Waals surface area contributed by atoms with Crippen molar-refractivity contribution in [3.63, 3.8) is 0 Å². The number of hydrogen-bond acceptors (Lipinski definition) is 3. The van der Waals surface area contributed by atoms with Gasteiger partial charge in [0.25, 0.3) is 11.8 Å². The molecule has 0 aromatic heterocycles. The van der Waals surface area contributed by atoms with Crippen LogP contribution in [-0.2, 0) is 9.53 Å². The van der Waals surface area contributed by atoms with Gasteiger partial charge in [-0.3, -0.25) is 9.59 Å². The maximum absolute atomic E-state index is 12.6. The Kier molecular flexibility index (Phi) is 7.15. The molecular weight excluding hydrogens is 352 g/mol. The summed E-state index contributed by atoms with van der Waals surface area (Å²) in [7, 11) is 0. The van der Waals surface area contributed by atoms with Gasteiger partial charge in [-0.2, -0.15) is 0 Å². The minimum absolute atomic E-state index is 0.0369. The zero-order chi connectivity index (χ0) is 19.6. The summed E-state index contributed by atoms with van der Waals surface area (Å²) < 4.78 is 5.54. The van der Waals surface area contributed by atoms with Gasteiger partial charge < -0.3 is 15.4 Å². The third kappa shape index (κ3) is 5.93. The van der Waals surface area contributed by atoms with Crippen molar-refractivity contribution >= 4 is 17.9 Å². The van der Waals surface area contributed by atoms with E-state index in [1.54, 1.807) is 36.4 Å². The van der Waals surface area contributed by atoms with Gasteiger partial charge in [-0.15, -0.1) is 0 Å². The van der Waals surface area contributed by atoms with E-state index < -0.39 is 0 Å². The van der Waals surface area contributed by atoms with Crippen molar-refractivity contribution in [2.24, 2.45) is 0 Å². The first-order valence-electron chi connectivity index (χ1n) is 9.42. The molecule has 0 bridgehead atoms. The molecule has 0 saturated carbocycles. The fourth-order valence-electron chi connectivity index (χ4n) is 2.88. The van der Waals surface area contributed by atoms with E-state index in [1.165, 1.54) is 0 Å². The van der Waals surface area contributed by atoms with E-state index >= 15 is 0 Å². The molecule has 2 aromatic carbocycles. The summed E-state index contributed by atoms with van der Waals surface area (Å²) >= 11 is 0. The Morgan fingerprint density at radius 3 is 2.43 bits per heavy atom. The lowest BCUT2D eigenvalue weighted by Crippen LogP contribution is -2.38. The molecule has 2 aromatic rings. The Balaban J connectivity index is 1.70. The van der Waals surface area contributed by atoms with E-state index in [1.807, 2.05) is 42.5 Å². The summed E-state index contributed by atoms with van der Waals surface area (Å²) in [4.78, 5) is 25.1. The van der Waals surface area contributed by atoms with Crippen molar-refractivity contribution in [1.82, 2.24) is 10.6 Å². The van der Waals surface area contributed by atoms with Crippen LogP contribution in [0.2, 0.25) is 0 Å². The first kappa shape index (κ1) is 19.6. The highest BCUT2D eigenvalue weighted by molar-refractivity contribution is 6.03. The van der Waals surface area contributed by atoms with Crippen LogP contribution in [0.1, 0.15) is 28.8 Å². The van der Waals surface area contributed by atoms with Gasteiger partial charge in [-0.25, -0.2) is 0 Å². The molecule has 5 nitrogen and oxygen atoms in total. The van der Waals surface area contributed by atoms with Crippen LogP contribution >= 0.6 is 0 Å². The van der Waals surface area contributed by atoms with Crippen LogP contribution in [0.3, 0.4) is 0 Å². The van der Waals surface area contributed by atoms with E-state index in [0.29, 0.717) is 12.1 Å². The fourth-order valence-corrected chi connectivity index (χ4v) is 2.88. The zero-order valence-electron chi connectivity index (χ0n) is 15.6. The van der Waals surface area contributed by atoms with Crippen LogP contribution < -0.4 is 10.6 Å². The van der Waals surface area contributed by atoms with E-state index in [9.17, 15) is 9.59 Å².